The molecule has 1 aromatic heterocycles. The van der Waals surface area contributed by atoms with Gasteiger partial charge in [0, 0.05) is 5.69 Å². The molecule has 1 atom stereocenters. The summed E-state index contributed by atoms with van der Waals surface area (Å²) in [4.78, 5) is 17.8. The smallest absolute Gasteiger partial charge is 0.328 e. The van der Waals surface area contributed by atoms with Gasteiger partial charge in [0.1, 0.15) is 5.82 Å². The molecule has 0 radical (unpaired) electrons. The number of imidazole rings is 1. The van der Waals surface area contributed by atoms with E-state index in [0.717, 1.165) is 11.4 Å². The molecule has 3 N–H and O–H groups in total. The average molecular weight is 183 g/mol. The van der Waals surface area contributed by atoms with Crippen LogP contribution in [0.5, 0.6) is 0 Å². The van der Waals surface area contributed by atoms with Crippen LogP contribution in [0.1, 0.15) is 23.3 Å². The predicted molar refractivity (Wildman–Crippen MR) is 47.5 cm³/mol. The Balaban J connectivity index is 2.98. The van der Waals surface area contributed by atoms with Crippen LogP contribution in [0.15, 0.2) is 0 Å². The number of H-pyrrole nitrogens is 1. The number of hydrogen-bond donors (Lipinski definition) is 3. The van der Waals surface area contributed by atoms with Crippen LogP contribution in [0.4, 0.5) is 0 Å². The molecule has 0 saturated heterocycles. The first kappa shape index (κ1) is 9.73. The largest absolute Gasteiger partial charge is 0.480 e. The van der Waals surface area contributed by atoms with Gasteiger partial charge in [-0.15, -0.1) is 0 Å². The molecule has 1 heterocycles. The lowest BCUT2D eigenvalue weighted by Crippen LogP contribution is -2.26. The van der Waals surface area contributed by atoms with Crippen LogP contribution >= 0.6 is 0 Å². The van der Waals surface area contributed by atoms with Gasteiger partial charge in [-0.3, -0.25) is 4.79 Å². The van der Waals surface area contributed by atoms with Crippen LogP contribution in [0.3, 0.4) is 0 Å². The molecule has 1 unspecified atom stereocenters. The molecule has 0 amide bonds. The van der Waals surface area contributed by atoms with Crippen molar-refractivity contribution in [1.82, 2.24) is 15.3 Å². The lowest BCUT2D eigenvalue weighted by Gasteiger charge is -2.06. The number of carbonyl (C=O) groups is 1. The van der Waals surface area contributed by atoms with E-state index >= 15 is 0 Å². The van der Waals surface area contributed by atoms with Gasteiger partial charge in [0.2, 0.25) is 0 Å². The SMILES string of the molecule is CNC(C(=O)O)c1nc(C)c(C)[nH]1. The topological polar surface area (TPSA) is 78.0 Å². The summed E-state index contributed by atoms with van der Waals surface area (Å²) in [6, 6.07) is -0.757. The first-order chi connectivity index (χ1) is 6.06. The number of nitrogens with one attached hydrogen (secondary N) is 2. The maximum Gasteiger partial charge on any atom is 0.328 e. The van der Waals surface area contributed by atoms with Crippen LogP contribution in [0.2, 0.25) is 0 Å². The molecule has 1 rings (SSSR count). The van der Waals surface area contributed by atoms with E-state index in [1.165, 1.54) is 0 Å². The number of aromatic nitrogens is 2. The Kier molecular flexibility index (Phi) is 2.67. The van der Waals surface area contributed by atoms with E-state index in [1.54, 1.807) is 7.05 Å². The van der Waals surface area contributed by atoms with E-state index in [2.05, 4.69) is 15.3 Å². The van der Waals surface area contributed by atoms with Gasteiger partial charge in [0.25, 0.3) is 0 Å². The lowest BCUT2D eigenvalue weighted by molar-refractivity contribution is -0.139. The highest BCUT2D eigenvalue weighted by molar-refractivity contribution is 5.74. The van der Waals surface area contributed by atoms with Crippen molar-refractivity contribution in [3.05, 3.63) is 17.2 Å². The second-order valence-electron chi connectivity index (χ2n) is 2.89. The van der Waals surface area contributed by atoms with Crippen LogP contribution in [-0.4, -0.2) is 28.1 Å². The Morgan fingerprint density at radius 2 is 2.23 bits per heavy atom. The van der Waals surface area contributed by atoms with Crippen LogP contribution in [0, 0.1) is 13.8 Å². The normalized spacial score (nSPS) is 12.8. The van der Waals surface area contributed by atoms with E-state index in [1.807, 2.05) is 13.8 Å². The number of aryl methyl sites for hydroxylation is 2. The maximum atomic E-state index is 10.7. The summed E-state index contributed by atoms with van der Waals surface area (Å²) in [6.07, 6.45) is 0. The van der Waals surface area contributed by atoms with Crippen molar-refractivity contribution in [2.45, 2.75) is 19.9 Å². The van der Waals surface area contributed by atoms with E-state index in [0.29, 0.717) is 5.82 Å². The summed E-state index contributed by atoms with van der Waals surface area (Å²) in [7, 11) is 1.59. The van der Waals surface area contributed by atoms with Gasteiger partial charge in [0.15, 0.2) is 6.04 Å². The fraction of sp³-hybridized carbons (Fsp3) is 0.500. The molecule has 5 nitrogen and oxygen atoms in total. The molecule has 13 heavy (non-hydrogen) atoms. The highest BCUT2D eigenvalue weighted by Crippen LogP contribution is 2.11. The quantitative estimate of drug-likeness (QED) is 0.632. The number of carboxylic acid groups (broad SMARTS) is 1. The van der Waals surface area contributed by atoms with E-state index in [-0.39, 0.29) is 0 Å². The van der Waals surface area contributed by atoms with Crippen molar-refractivity contribution < 1.29 is 9.90 Å². The lowest BCUT2D eigenvalue weighted by atomic mass is 10.3. The molecule has 0 saturated carbocycles. The Morgan fingerprint density at radius 3 is 2.54 bits per heavy atom. The Bertz CT molecular complexity index is 300. The molecule has 0 aliphatic rings. The third kappa shape index (κ3) is 1.86. The molecule has 0 aromatic carbocycles. The second kappa shape index (κ2) is 3.57. The summed E-state index contributed by atoms with van der Waals surface area (Å²) in [5.41, 5.74) is 1.73. The standard InChI is InChI=1S/C8H13N3O2/c1-4-5(2)11-7(10-4)6(9-3)8(12)13/h6,9H,1-3H3,(H,10,11)(H,12,13). The number of hydrogen-bond acceptors (Lipinski definition) is 3. The summed E-state index contributed by atoms with van der Waals surface area (Å²) in [5.74, 6) is -0.485. The molecule has 0 fully saturated rings. The molecular weight excluding hydrogens is 170 g/mol. The van der Waals surface area contributed by atoms with Crippen LogP contribution in [-0.2, 0) is 4.79 Å². The number of nitrogens with zero attached hydrogens (tertiary/aromatic N) is 1. The zero-order chi connectivity index (χ0) is 10.0. The fourth-order valence-corrected chi connectivity index (χ4v) is 1.09. The minimum atomic E-state index is -0.934. The summed E-state index contributed by atoms with van der Waals surface area (Å²) in [5, 5.41) is 11.5. The third-order valence-electron chi connectivity index (χ3n) is 1.96. The van der Waals surface area contributed by atoms with Crippen LogP contribution in [0.25, 0.3) is 0 Å². The zero-order valence-corrected chi connectivity index (χ0v) is 7.88. The van der Waals surface area contributed by atoms with Crippen molar-refractivity contribution in [1.29, 1.82) is 0 Å². The number of aliphatic carboxylic acids is 1. The molecule has 0 bridgehead atoms. The molecule has 0 aliphatic heterocycles. The monoisotopic (exact) mass is 183 g/mol. The van der Waals surface area contributed by atoms with Crippen molar-refractivity contribution >= 4 is 5.97 Å². The van der Waals surface area contributed by atoms with E-state index in [9.17, 15) is 4.79 Å². The highest BCUT2D eigenvalue weighted by Gasteiger charge is 2.20. The first-order valence-electron chi connectivity index (χ1n) is 3.99. The predicted octanol–water partition coefficient (Wildman–Crippen LogP) is 0.372. The number of aromatic amines is 1. The van der Waals surface area contributed by atoms with E-state index in [4.69, 9.17) is 5.11 Å². The van der Waals surface area contributed by atoms with Gasteiger partial charge in [0.05, 0.1) is 5.69 Å². The Labute approximate surface area is 76.2 Å². The van der Waals surface area contributed by atoms with Gasteiger partial charge < -0.3 is 15.4 Å². The third-order valence-corrected chi connectivity index (χ3v) is 1.96. The van der Waals surface area contributed by atoms with E-state index < -0.39 is 12.0 Å². The van der Waals surface area contributed by atoms with Crippen molar-refractivity contribution in [2.75, 3.05) is 7.05 Å². The minimum Gasteiger partial charge on any atom is -0.480 e. The van der Waals surface area contributed by atoms with Gasteiger partial charge in [-0.1, -0.05) is 0 Å². The number of likely N-dealkylation sites (N-methyl/N-ethyl adjacent to an activating group) is 1. The molecule has 5 heteroatoms. The maximum absolute atomic E-state index is 10.7. The molecule has 0 aliphatic carbocycles. The summed E-state index contributed by atoms with van der Waals surface area (Å²) >= 11 is 0. The van der Waals surface area contributed by atoms with Crippen LogP contribution < -0.4 is 5.32 Å². The minimum absolute atomic E-state index is 0.449. The summed E-state index contributed by atoms with van der Waals surface area (Å²) < 4.78 is 0. The van der Waals surface area contributed by atoms with Crippen molar-refractivity contribution in [2.24, 2.45) is 0 Å². The van der Waals surface area contributed by atoms with Gasteiger partial charge in [-0.2, -0.15) is 0 Å². The molecule has 1 aromatic rings. The Hall–Kier alpha value is -1.36. The summed E-state index contributed by atoms with van der Waals surface area (Å²) in [6.45, 7) is 3.70. The second-order valence-corrected chi connectivity index (χ2v) is 2.89. The average Bonchev–Trinajstić information content (AvgIpc) is 2.32. The molecular formula is C8H13N3O2. The number of carboxylic acids is 1. The van der Waals surface area contributed by atoms with Crippen molar-refractivity contribution in [3.63, 3.8) is 0 Å². The fourth-order valence-electron chi connectivity index (χ4n) is 1.09. The Morgan fingerprint density at radius 1 is 1.62 bits per heavy atom. The van der Waals surface area contributed by atoms with Gasteiger partial charge in [-0.25, -0.2) is 4.98 Å². The van der Waals surface area contributed by atoms with Crippen molar-refractivity contribution in [3.8, 4) is 0 Å². The molecule has 72 valence electrons. The molecule has 0 spiro atoms. The highest BCUT2D eigenvalue weighted by atomic mass is 16.4. The number of rotatable bonds is 3. The zero-order valence-electron chi connectivity index (χ0n) is 7.88. The van der Waals surface area contributed by atoms with Gasteiger partial charge in [-0.05, 0) is 20.9 Å². The first-order valence-corrected chi connectivity index (χ1v) is 3.99. The van der Waals surface area contributed by atoms with Gasteiger partial charge >= 0.3 is 5.97 Å².